The summed E-state index contributed by atoms with van der Waals surface area (Å²) >= 11 is 5.69. The maximum absolute atomic E-state index is 11.3. The summed E-state index contributed by atoms with van der Waals surface area (Å²) in [6, 6.07) is 0.307. The van der Waals surface area contributed by atoms with Crippen LogP contribution in [0.4, 0.5) is 0 Å². The Bertz CT molecular complexity index is 201. The van der Waals surface area contributed by atoms with E-state index >= 15 is 0 Å². The van der Waals surface area contributed by atoms with Gasteiger partial charge in [0.2, 0.25) is 5.91 Å². The van der Waals surface area contributed by atoms with E-state index in [1.807, 2.05) is 0 Å². The first-order valence-electron chi connectivity index (χ1n) is 4.88. The van der Waals surface area contributed by atoms with E-state index in [4.69, 9.17) is 11.6 Å². The Balaban J connectivity index is 2.50. The van der Waals surface area contributed by atoms with Crippen LogP contribution in [0.5, 0.6) is 0 Å². The highest BCUT2D eigenvalue weighted by atomic mass is 35.5. The van der Waals surface area contributed by atoms with E-state index < -0.39 is 5.38 Å². The minimum Gasteiger partial charge on any atom is -0.352 e. The standard InChI is InChI=1S/C10H18ClNO/c1-7(11)9(13)12-8-5-4-6-10(8,2)3/h7-8H,4-6H2,1-3H3,(H,12,13). The van der Waals surface area contributed by atoms with Crippen LogP contribution in [0.15, 0.2) is 0 Å². The Morgan fingerprint density at radius 1 is 1.62 bits per heavy atom. The van der Waals surface area contributed by atoms with Crippen LogP contribution in [-0.4, -0.2) is 17.3 Å². The maximum atomic E-state index is 11.3. The summed E-state index contributed by atoms with van der Waals surface area (Å²) in [7, 11) is 0. The summed E-state index contributed by atoms with van der Waals surface area (Å²) in [6.45, 7) is 6.10. The van der Waals surface area contributed by atoms with Crippen molar-refractivity contribution in [3.8, 4) is 0 Å². The van der Waals surface area contributed by atoms with Gasteiger partial charge in [-0.15, -0.1) is 11.6 Å². The second-order valence-electron chi connectivity index (χ2n) is 4.56. The molecule has 1 rings (SSSR count). The number of hydrogen-bond donors (Lipinski definition) is 1. The number of amides is 1. The van der Waals surface area contributed by atoms with Crippen LogP contribution in [0.1, 0.15) is 40.0 Å². The average molecular weight is 204 g/mol. The highest BCUT2D eigenvalue weighted by Gasteiger charge is 2.35. The van der Waals surface area contributed by atoms with Gasteiger partial charge in [-0.05, 0) is 25.2 Å². The van der Waals surface area contributed by atoms with Gasteiger partial charge in [0, 0.05) is 6.04 Å². The van der Waals surface area contributed by atoms with E-state index in [9.17, 15) is 4.79 Å². The Morgan fingerprint density at radius 3 is 2.62 bits per heavy atom. The van der Waals surface area contributed by atoms with Crippen molar-refractivity contribution >= 4 is 17.5 Å². The third kappa shape index (κ3) is 2.60. The fraction of sp³-hybridized carbons (Fsp3) is 0.900. The van der Waals surface area contributed by atoms with Crippen molar-refractivity contribution in [3.05, 3.63) is 0 Å². The van der Waals surface area contributed by atoms with Crippen LogP contribution in [0, 0.1) is 5.41 Å². The number of nitrogens with one attached hydrogen (secondary N) is 1. The summed E-state index contributed by atoms with van der Waals surface area (Å²) < 4.78 is 0. The summed E-state index contributed by atoms with van der Waals surface area (Å²) in [5, 5.41) is 2.58. The summed E-state index contributed by atoms with van der Waals surface area (Å²) in [4.78, 5) is 11.3. The van der Waals surface area contributed by atoms with Crippen molar-refractivity contribution < 1.29 is 4.79 Å². The molecule has 0 aromatic carbocycles. The normalized spacial score (nSPS) is 28.5. The molecular formula is C10H18ClNO. The SMILES string of the molecule is CC(Cl)C(=O)NC1CCCC1(C)C. The Labute approximate surface area is 85.0 Å². The topological polar surface area (TPSA) is 29.1 Å². The van der Waals surface area contributed by atoms with Crippen molar-refractivity contribution in [1.29, 1.82) is 0 Å². The van der Waals surface area contributed by atoms with Crippen LogP contribution in [0.3, 0.4) is 0 Å². The van der Waals surface area contributed by atoms with Crippen LogP contribution < -0.4 is 5.32 Å². The second-order valence-corrected chi connectivity index (χ2v) is 5.21. The molecule has 2 atom stereocenters. The number of carbonyl (C=O) groups is 1. The Hall–Kier alpha value is -0.240. The lowest BCUT2D eigenvalue weighted by molar-refractivity contribution is -0.121. The predicted octanol–water partition coefficient (Wildman–Crippen LogP) is 2.31. The molecule has 0 heterocycles. The predicted molar refractivity (Wildman–Crippen MR) is 54.9 cm³/mol. The van der Waals surface area contributed by atoms with Gasteiger partial charge in [0.15, 0.2) is 0 Å². The molecule has 2 unspecified atom stereocenters. The van der Waals surface area contributed by atoms with E-state index in [1.165, 1.54) is 12.8 Å². The van der Waals surface area contributed by atoms with Crippen molar-refractivity contribution in [2.75, 3.05) is 0 Å². The van der Waals surface area contributed by atoms with Crippen molar-refractivity contribution in [1.82, 2.24) is 5.32 Å². The lowest BCUT2D eigenvalue weighted by Gasteiger charge is -2.28. The number of rotatable bonds is 2. The fourth-order valence-electron chi connectivity index (χ4n) is 1.88. The third-order valence-corrected chi connectivity index (χ3v) is 3.13. The minimum atomic E-state index is -0.420. The Morgan fingerprint density at radius 2 is 2.23 bits per heavy atom. The average Bonchev–Trinajstić information content (AvgIpc) is 2.30. The molecule has 1 saturated carbocycles. The molecule has 0 aliphatic heterocycles. The van der Waals surface area contributed by atoms with Gasteiger partial charge >= 0.3 is 0 Å². The van der Waals surface area contributed by atoms with Crippen molar-refractivity contribution in [2.45, 2.75) is 51.5 Å². The van der Waals surface area contributed by atoms with Gasteiger partial charge in [-0.3, -0.25) is 4.79 Å². The summed E-state index contributed by atoms with van der Waals surface area (Å²) in [5.41, 5.74) is 0.238. The van der Waals surface area contributed by atoms with Crippen LogP contribution in [-0.2, 0) is 4.79 Å². The van der Waals surface area contributed by atoms with Gasteiger partial charge in [-0.2, -0.15) is 0 Å². The molecule has 1 aliphatic carbocycles. The first-order valence-corrected chi connectivity index (χ1v) is 5.31. The van der Waals surface area contributed by atoms with Gasteiger partial charge in [0.1, 0.15) is 5.38 Å². The zero-order valence-electron chi connectivity index (χ0n) is 8.56. The van der Waals surface area contributed by atoms with Gasteiger partial charge in [0.05, 0.1) is 0 Å². The molecule has 0 aromatic heterocycles. The molecule has 0 aromatic rings. The van der Waals surface area contributed by atoms with E-state index in [-0.39, 0.29) is 11.3 Å². The lowest BCUT2D eigenvalue weighted by Crippen LogP contribution is -2.44. The molecule has 0 saturated heterocycles. The van der Waals surface area contributed by atoms with Crippen LogP contribution in [0.25, 0.3) is 0 Å². The largest absolute Gasteiger partial charge is 0.352 e. The molecule has 76 valence electrons. The first-order chi connectivity index (χ1) is 5.93. The third-order valence-electron chi connectivity index (χ3n) is 2.94. The number of halogens is 1. The lowest BCUT2D eigenvalue weighted by atomic mass is 9.87. The molecule has 0 radical (unpaired) electrons. The number of hydrogen-bond acceptors (Lipinski definition) is 1. The molecule has 2 nitrogen and oxygen atoms in total. The monoisotopic (exact) mass is 203 g/mol. The molecule has 1 N–H and O–H groups in total. The molecule has 1 fully saturated rings. The number of carbonyl (C=O) groups excluding carboxylic acids is 1. The molecular weight excluding hydrogens is 186 g/mol. The van der Waals surface area contributed by atoms with Gasteiger partial charge in [-0.25, -0.2) is 0 Å². The van der Waals surface area contributed by atoms with Crippen molar-refractivity contribution in [3.63, 3.8) is 0 Å². The van der Waals surface area contributed by atoms with Crippen LogP contribution >= 0.6 is 11.6 Å². The van der Waals surface area contributed by atoms with Gasteiger partial charge in [-0.1, -0.05) is 20.3 Å². The van der Waals surface area contributed by atoms with E-state index in [1.54, 1.807) is 6.92 Å². The zero-order chi connectivity index (χ0) is 10.1. The maximum Gasteiger partial charge on any atom is 0.238 e. The zero-order valence-corrected chi connectivity index (χ0v) is 9.32. The van der Waals surface area contributed by atoms with E-state index in [0.717, 1.165) is 6.42 Å². The molecule has 0 spiro atoms. The van der Waals surface area contributed by atoms with Gasteiger partial charge < -0.3 is 5.32 Å². The summed E-state index contributed by atoms with van der Waals surface area (Å²) in [5.74, 6) is -0.0401. The van der Waals surface area contributed by atoms with Crippen LogP contribution in [0.2, 0.25) is 0 Å². The fourth-order valence-corrected chi connectivity index (χ4v) is 1.94. The first kappa shape index (κ1) is 10.8. The van der Waals surface area contributed by atoms with Crippen molar-refractivity contribution in [2.24, 2.45) is 5.41 Å². The molecule has 1 aliphatic rings. The molecule has 13 heavy (non-hydrogen) atoms. The molecule has 3 heteroatoms. The molecule has 1 amide bonds. The molecule has 0 bridgehead atoms. The second kappa shape index (κ2) is 3.87. The highest BCUT2D eigenvalue weighted by molar-refractivity contribution is 6.30. The quantitative estimate of drug-likeness (QED) is 0.686. The highest BCUT2D eigenvalue weighted by Crippen LogP contribution is 2.37. The smallest absolute Gasteiger partial charge is 0.238 e. The van der Waals surface area contributed by atoms with E-state index in [2.05, 4.69) is 19.2 Å². The number of alkyl halides is 1. The minimum absolute atomic E-state index is 0.0401. The van der Waals surface area contributed by atoms with Gasteiger partial charge in [0.25, 0.3) is 0 Å². The summed E-state index contributed by atoms with van der Waals surface area (Å²) in [6.07, 6.45) is 3.48. The Kier molecular flexibility index (Phi) is 3.23. The van der Waals surface area contributed by atoms with E-state index in [0.29, 0.717) is 6.04 Å².